The minimum absolute atomic E-state index is 0.0655. The fourth-order valence-corrected chi connectivity index (χ4v) is 3.28. The van der Waals surface area contributed by atoms with Crippen molar-refractivity contribution >= 4 is 23.4 Å². The zero-order chi connectivity index (χ0) is 19.2. The molecular weight excluding hydrogens is 367 g/mol. The SMILES string of the molecule is O=C(CCc1ccc(F)cc1)N1CCN(C(=O)Cc2ccc(Cl)cc2)CC1. The number of halogens is 2. The molecule has 1 fully saturated rings. The molecule has 0 unspecified atom stereocenters. The summed E-state index contributed by atoms with van der Waals surface area (Å²) in [6.45, 7) is 2.20. The average molecular weight is 389 g/mol. The number of aryl methyl sites for hydroxylation is 1. The number of nitrogens with zero attached hydrogens (tertiary/aromatic N) is 2. The van der Waals surface area contributed by atoms with E-state index in [1.807, 2.05) is 12.1 Å². The predicted molar refractivity (Wildman–Crippen MR) is 103 cm³/mol. The second-order valence-electron chi connectivity index (χ2n) is 6.69. The minimum atomic E-state index is -0.274. The van der Waals surface area contributed by atoms with Crippen molar-refractivity contribution in [3.05, 3.63) is 70.5 Å². The Hall–Kier alpha value is -2.40. The Bertz CT molecular complexity index is 785. The second-order valence-corrected chi connectivity index (χ2v) is 7.13. The van der Waals surface area contributed by atoms with Gasteiger partial charge in [0.25, 0.3) is 0 Å². The molecule has 2 amide bonds. The van der Waals surface area contributed by atoms with Gasteiger partial charge in [-0.05, 0) is 41.8 Å². The normalized spacial score (nSPS) is 14.3. The first-order valence-corrected chi connectivity index (χ1v) is 9.43. The van der Waals surface area contributed by atoms with E-state index < -0.39 is 0 Å². The molecule has 6 heteroatoms. The highest BCUT2D eigenvalue weighted by Crippen LogP contribution is 2.13. The van der Waals surface area contributed by atoms with Crippen molar-refractivity contribution in [1.29, 1.82) is 0 Å². The number of amides is 2. The molecular formula is C21H22ClFN2O2. The van der Waals surface area contributed by atoms with Crippen LogP contribution in [-0.2, 0) is 22.4 Å². The summed E-state index contributed by atoms with van der Waals surface area (Å²) < 4.78 is 12.9. The molecule has 0 atom stereocenters. The van der Waals surface area contributed by atoms with E-state index >= 15 is 0 Å². The van der Waals surface area contributed by atoms with E-state index in [9.17, 15) is 14.0 Å². The van der Waals surface area contributed by atoms with Gasteiger partial charge in [0.15, 0.2) is 0 Å². The van der Waals surface area contributed by atoms with Crippen molar-refractivity contribution in [1.82, 2.24) is 9.80 Å². The summed E-state index contributed by atoms with van der Waals surface area (Å²) in [5, 5.41) is 0.652. The highest BCUT2D eigenvalue weighted by atomic mass is 35.5. The van der Waals surface area contributed by atoms with E-state index in [0.717, 1.165) is 11.1 Å². The summed E-state index contributed by atoms with van der Waals surface area (Å²) in [5.41, 5.74) is 1.88. The second kappa shape index (κ2) is 9.00. The van der Waals surface area contributed by atoms with Crippen LogP contribution in [0.5, 0.6) is 0 Å². The van der Waals surface area contributed by atoms with E-state index in [1.54, 1.807) is 34.1 Å². The van der Waals surface area contributed by atoms with Gasteiger partial charge in [-0.1, -0.05) is 35.9 Å². The standard InChI is InChI=1S/C21H22ClFN2O2/c22-18-6-1-17(2-7-18)15-21(27)25-13-11-24(12-14-25)20(26)10-5-16-3-8-19(23)9-4-16/h1-4,6-9H,5,10-15H2. The molecule has 27 heavy (non-hydrogen) atoms. The van der Waals surface area contributed by atoms with Gasteiger partial charge in [0.1, 0.15) is 5.82 Å². The van der Waals surface area contributed by atoms with Crippen molar-refractivity contribution in [2.45, 2.75) is 19.3 Å². The molecule has 142 valence electrons. The Labute approximate surface area is 163 Å². The Balaban J connectivity index is 1.43. The zero-order valence-electron chi connectivity index (χ0n) is 15.0. The lowest BCUT2D eigenvalue weighted by molar-refractivity contribution is -0.139. The molecule has 0 N–H and O–H groups in total. The van der Waals surface area contributed by atoms with Gasteiger partial charge in [0, 0.05) is 37.6 Å². The summed E-state index contributed by atoms with van der Waals surface area (Å²) >= 11 is 5.86. The smallest absolute Gasteiger partial charge is 0.227 e. The number of hydrogen-bond acceptors (Lipinski definition) is 2. The fourth-order valence-electron chi connectivity index (χ4n) is 3.15. The highest BCUT2D eigenvalue weighted by Gasteiger charge is 2.23. The first kappa shape index (κ1) is 19.4. The molecule has 0 bridgehead atoms. The van der Waals surface area contributed by atoms with Crippen LogP contribution in [0.25, 0.3) is 0 Å². The Kier molecular flexibility index (Phi) is 6.45. The molecule has 0 aliphatic carbocycles. The van der Waals surface area contributed by atoms with Crippen LogP contribution in [0.3, 0.4) is 0 Å². The Morgan fingerprint density at radius 3 is 1.93 bits per heavy atom. The zero-order valence-corrected chi connectivity index (χ0v) is 15.8. The van der Waals surface area contributed by atoms with Gasteiger partial charge in [-0.2, -0.15) is 0 Å². The van der Waals surface area contributed by atoms with Crippen LogP contribution in [0.4, 0.5) is 4.39 Å². The predicted octanol–water partition coefficient (Wildman–Crippen LogP) is 3.33. The molecule has 0 aromatic heterocycles. The quantitative estimate of drug-likeness (QED) is 0.788. The van der Waals surface area contributed by atoms with Crippen molar-refractivity contribution < 1.29 is 14.0 Å². The van der Waals surface area contributed by atoms with Crippen molar-refractivity contribution in [3.63, 3.8) is 0 Å². The maximum Gasteiger partial charge on any atom is 0.227 e. The van der Waals surface area contributed by atoms with Crippen molar-refractivity contribution in [2.24, 2.45) is 0 Å². The number of carbonyl (C=O) groups is 2. The van der Waals surface area contributed by atoms with Crippen LogP contribution in [0.2, 0.25) is 5.02 Å². The van der Waals surface area contributed by atoms with E-state index in [-0.39, 0.29) is 17.6 Å². The molecule has 0 spiro atoms. The molecule has 1 aliphatic heterocycles. The van der Waals surface area contributed by atoms with E-state index in [4.69, 9.17) is 11.6 Å². The van der Waals surface area contributed by atoms with Crippen molar-refractivity contribution in [3.8, 4) is 0 Å². The first-order chi connectivity index (χ1) is 13.0. The molecule has 4 nitrogen and oxygen atoms in total. The van der Waals surface area contributed by atoms with Crippen molar-refractivity contribution in [2.75, 3.05) is 26.2 Å². The van der Waals surface area contributed by atoms with Crippen LogP contribution in [0.15, 0.2) is 48.5 Å². The number of carbonyl (C=O) groups excluding carboxylic acids is 2. The third kappa shape index (κ3) is 5.54. The van der Waals surface area contributed by atoms with E-state index in [0.29, 0.717) is 50.5 Å². The lowest BCUT2D eigenvalue weighted by Crippen LogP contribution is -2.51. The number of piperazine rings is 1. The lowest BCUT2D eigenvalue weighted by Gasteiger charge is -2.35. The number of benzene rings is 2. The fraction of sp³-hybridized carbons (Fsp3) is 0.333. The first-order valence-electron chi connectivity index (χ1n) is 9.06. The largest absolute Gasteiger partial charge is 0.339 e. The topological polar surface area (TPSA) is 40.6 Å². The van der Waals surface area contributed by atoms with Gasteiger partial charge >= 0.3 is 0 Å². The van der Waals surface area contributed by atoms with E-state index in [2.05, 4.69) is 0 Å². The van der Waals surface area contributed by atoms with Gasteiger partial charge in [-0.3, -0.25) is 9.59 Å². The Morgan fingerprint density at radius 1 is 0.815 bits per heavy atom. The summed E-state index contributed by atoms with van der Waals surface area (Å²) in [6.07, 6.45) is 1.33. The monoisotopic (exact) mass is 388 g/mol. The molecule has 0 saturated carbocycles. The number of rotatable bonds is 5. The molecule has 1 aliphatic rings. The summed E-state index contributed by atoms with van der Waals surface area (Å²) in [4.78, 5) is 28.4. The van der Waals surface area contributed by atoms with Gasteiger partial charge in [-0.15, -0.1) is 0 Å². The molecule has 1 heterocycles. The molecule has 2 aromatic carbocycles. The third-order valence-electron chi connectivity index (χ3n) is 4.79. The highest BCUT2D eigenvalue weighted by molar-refractivity contribution is 6.30. The Morgan fingerprint density at radius 2 is 1.33 bits per heavy atom. The van der Waals surface area contributed by atoms with Crippen LogP contribution >= 0.6 is 11.6 Å². The maximum atomic E-state index is 12.9. The molecule has 0 radical (unpaired) electrons. The van der Waals surface area contributed by atoms with Gasteiger partial charge in [0.05, 0.1) is 6.42 Å². The summed E-state index contributed by atoms with van der Waals surface area (Å²) in [5.74, 6) is -0.135. The van der Waals surface area contributed by atoms with Crippen LogP contribution in [0.1, 0.15) is 17.5 Å². The van der Waals surface area contributed by atoms with Crippen LogP contribution in [0, 0.1) is 5.82 Å². The molecule has 1 saturated heterocycles. The van der Waals surface area contributed by atoms with Gasteiger partial charge in [0.2, 0.25) is 11.8 Å². The third-order valence-corrected chi connectivity index (χ3v) is 5.05. The maximum absolute atomic E-state index is 12.9. The van der Waals surface area contributed by atoms with Crippen LogP contribution < -0.4 is 0 Å². The lowest BCUT2D eigenvalue weighted by atomic mass is 10.1. The minimum Gasteiger partial charge on any atom is -0.339 e. The average Bonchev–Trinajstić information content (AvgIpc) is 2.69. The van der Waals surface area contributed by atoms with Crippen LogP contribution in [-0.4, -0.2) is 47.8 Å². The van der Waals surface area contributed by atoms with Gasteiger partial charge < -0.3 is 9.80 Å². The van der Waals surface area contributed by atoms with E-state index in [1.165, 1.54) is 12.1 Å². The molecule has 3 rings (SSSR count). The number of hydrogen-bond donors (Lipinski definition) is 0. The summed E-state index contributed by atoms with van der Waals surface area (Å²) in [7, 11) is 0. The van der Waals surface area contributed by atoms with Gasteiger partial charge in [-0.25, -0.2) is 4.39 Å². The molecule has 2 aromatic rings. The summed E-state index contributed by atoms with van der Waals surface area (Å²) in [6, 6.07) is 13.5.